The molecule has 2 saturated heterocycles. The number of likely N-dealkylation sites (tertiary alicyclic amines) is 1. The zero-order valence-electron chi connectivity index (χ0n) is 13.8. The van der Waals surface area contributed by atoms with E-state index in [0.29, 0.717) is 5.75 Å². The van der Waals surface area contributed by atoms with Crippen LogP contribution in [0.1, 0.15) is 19.8 Å². The number of amides is 3. The zero-order chi connectivity index (χ0) is 17.2. The number of nitrogens with one attached hydrogen (secondary N) is 2. The van der Waals surface area contributed by atoms with Gasteiger partial charge in [0.1, 0.15) is 5.54 Å². The normalized spacial score (nSPS) is 29.1. The van der Waals surface area contributed by atoms with Crippen LogP contribution in [0.15, 0.2) is 35.2 Å². The van der Waals surface area contributed by atoms with Gasteiger partial charge in [0.2, 0.25) is 0 Å². The van der Waals surface area contributed by atoms with Gasteiger partial charge in [0, 0.05) is 29.7 Å². The molecule has 130 valence electrons. The average Bonchev–Trinajstić information content (AvgIpc) is 2.87. The van der Waals surface area contributed by atoms with Gasteiger partial charge in [-0.2, -0.15) is 0 Å². The van der Waals surface area contributed by atoms with Gasteiger partial charge in [-0.05, 0) is 38.4 Å². The van der Waals surface area contributed by atoms with Crippen LogP contribution in [0.5, 0.6) is 0 Å². The Hall–Kier alpha value is -1.73. The van der Waals surface area contributed by atoms with Gasteiger partial charge in [-0.15, -0.1) is 0 Å². The van der Waals surface area contributed by atoms with E-state index in [1.165, 1.54) is 0 Å². The zero-order valence-corrected chi connectivity index (χ0v) is 14.6. The number of carbonyl (C=O) groups is 2. The molecular formula is C17H23N3O3S. The van der Waals surface area contributed by atoms with Crippen molar-refractivity contribution in [1.29, 1.82) is 0 Å². The molecule has 0 radical (unpaired) electrons. The van der Waals surface area contributed by atoms with Gasteiger partial charge in [0.05, 0.1) is 10.8 Å². The smallest absolute Gasteiger partial charge is 0.322 e. The van der Waals surface area contributed by atoms with Crippen molar-refractivity contribution in [2.75, 3.05) is 25.4 Å². The van der Waals surface area contributed by atoms with E-state index in [1.54, 1.807) is 6.92 Å². The van der Waals surface area contributed by atoms with Gasteiger partial charge in [0.15, 0.2) is 0 Å². The molecule has 3 atom stereocenters. The van der Waals surface area contributed by atoms with Gasteiger partial charge < -0.3 is 10.2 Å². The molecule has 0 aliphatic carbocycles. The van der Waals surface area contributed by atoms with Crippen LogP contribution in [0.4, 0.5) is 4.79 Å². The van der Waals surface area contributed by atoms with Crippen molar-refractivity contribution < 1.29 is 13.8 Å². The highest BCUT2D eigenvalue weighted by atomic mass is 32.2. The molecule has 1 aromatic rings. The van der Waals surface area contributed by atoms with E-state index >= 15 is 0 Å². The van der Waals surface area contributed by atoms with E-state index < -0.39 is 22.4 Å². The fourth-order valence-electron chi connectivity index (χ4n) is 3.48. The molecule has 3 rings (SSSR count). The highest BCUT2D eigenvalue weighted by Crippen LogP contribution is 2.29. The van der Waals surface area contributed by atoms with Crippen LogP contribution >= 0.6 is 0 Å². The summed E-state index contributed by atoms with van der Waals surface area (Å²) in [5.74, 6) is 0.404. The number of rotatable bonds is 5. The maximum absolute atomic E-state index is 12.3. The van der Waals surface area contributed by atoms with Crippen molar-refractivity contribution in [3.05, 3.63) is 30.3 Å². The SMILES string of the molecule is C[C@]1([C@H]2CCCN(CC[S@@](=O)c3ccccc3)C2)NC(=O)NC1=O. The number of benzene rings is 1. The second kappa shape index (κ2) is 7.03. The summed E-state index contributed by atoms with van der Waals surface area (Å²) in [5.41, 5.74) is -0.839. The van der Waals surface area contributed by atoms with Crippen LogP contribution in [-0.4, -0.2) is 52.0 Å². The lowest BCUT2D eigenvalue weighted by atomic mass is 9.80. The lowest BCUT2D eigenvalue weighted by molar-refractivity contribution is -0.126. The molecule has 0 saturated carbocycles. The van der Waals surface area contributed by atoms with Crippen LogP contribution in [0.25, 0.3) is 0 Å². The summed E-state index contributed by atoms with van der Waals surface area (Å²) in [6.07, 6.45) is 1.88. The molecular weight excluding hydrogens is 326 g/mol. The molecule has 0 unspecified atom stereocenters. The standard InChI is InChI=1S/C17H23N3O3S/c1-17(15(21)18-16(22)19-17)13-6-5-9-20(12-13)10-11-24(23)14-7-3-2-4-8-14/h2-4,7-8,13H,5-6,9-12H2,1H3,(H2,18,19,21,22)/t13-,17+,24+/m0/s1. The van der Waals surface area contributed by atoms with E-state index in [1.807, 2.05) is 30.3 Å². The van der Waals surface area contributed by atoms with Crippen molar-refractivity contribution in [2.45, 2.75) is 30.2 Å². The number of hydrogen-bond donors (Lipinski definition) is 2. The quantitative estimate of drug-likeness (QED) is 0.781. The fourth-order valence-corrected chi connectivity index (χ4v) is 4.60. The summed E-state index contributed by atoms with van der Waals surface area (Å²) in [6, 6.07) is 9.06. The minimum absolute atomic E-state index is 0.0721. The maximum Gasteiger partial charge on any atom is 0.322 e. The Morgan fingerprint density at radius 3 is 2.71 bits per heavy atom. The van der Waals surface area contributed by atoms with Crippen molar-refractivity contribution in [3.8, 4) is 0 Å². The third kappa shape index (κ3) is 3.52. The van der Waals surface area contributed by atoms with Crippen molar-refractivity contribution in [3.63, 3.8) is 0 Å². The lowest BCUT2D eigenvalue weighted by Gasteiger charge is -2.39. The molecule has 0 spiro atoms. The molecule has 7 heteroatoms. The number of carbonyl (C=O) groups excluding carboxylic acids is 2. The molecule has 2 N–H and O–H groups in total. The lowest BCUT2D eigenvalue weighted by Crippen LogP contribution is -2.56. The summed E-state index contributed by atoms with van der Waals surface area (Å²) in [7, 11) is -1.01. The van der Waals surface area contributed by atoms with Gasteiger partial charge in [-0.3, -0.25) is 14.3 Å². The molecule has 1 aromatic carbocycles. The first kappa shape index (κ1) is 17.1. The van der Waals surface area contributed by atoms with Gasteiger partial charge >= 0.3 is 6.03 Å². The highest BCUT2D eigenvalue weighted by Gasteiger charge is 2.48. The first-order valence-corrected chi connectivity index (χ1v) is 9.60. The number of piperidine rings is 1. The second-order valence-electron chi connectivity index (χ2n) is 6.61. The molecule has 3 amide bonds. The Bertz CT molecular complexity index is 652. The third-order valence-electron chi connectivity index (χ3n) is 4.99. The summed E-state index contributed by atoms with van der Waals surface area (Å²) in [5, 5.41) is 5.11. The van der Waals surface area contributed by atoms with Crippen LogP contribution in [0.3, 0.4) is 0 Å². The maximum atomic E-state index is 12.3. The van der Waals surface area contributed by atoms with Gasteiger partial charge in [0.25, 0.3) is 5.91 Å². The number of imide groups is 1. The van der Waals surface area contributed by atoms with Gasteiger partial charge in [-0.1, -0.05) is 18.2 Å². The molecule has 6 nitrogen and oxygen atoms in total. The number of nitrogens with zero attached hydrogens (tertiary/aromatic N) is 1. The number of urea groups is 1. The Morgan fingerprint density at radius 2 is 2.04 bits per heavy atom. The number of hydrogen-bond acceptors (Lipinski definition) is 4. The minimum Gasteiger partial charge on any atom is -0.323 e. The Labute approximate surface area is 144 Å². The molecule has 2 heterocycles. The van der Waals surface area contributed by atoms with Crippen LogP contribution in [0, 0.1) is 5.92 Å². The van der Waals surface area contributed by atoms with Gasteiger partial charge in [-0.25, -0.2) is 4.79 Å². The average molecular weight is 349 g/mol. The van der Waals surface area contributed by atoms with Crippen molar-refractivity contribution in [1.82, 2.24) is 15.5 Å². The minimum atomic E-state index is -1.01. The van der Waals surface area contributed by atoms with E-state index in [9.17, 15) is 13.8 Å². The predicted molar refractivity (Wildman–Crippen MR) is 92.0 cm³/mol. The first-order valence-electron chi connectivity index (χ1n) is 8.28. The highest BCUT2D eigenvalue weighted by molar-refractivity contribution is 7.85. The first-order chi connectivity index (χ1) is 11.5. The largest absolute Gasteiger partial charge is 0.323 e. The summed E-state index contributed by atoms with van der Waals surface area (Å²) in [4.78, 5) is 26.7. The predicted octanol–water partition coefficient (Wildman–Crippen LogP) is 1.10. The monoisotopic (exact) mass is 349 g/mol. The summed E-state index contributed by atoms with van der Waals surface area (Å²) in [6.45, 7) is 4.19. The van der Waals surface area contributed by atoms with E-state index in [2.05, 4.69) is 15.5 Å². The fraction of sp³-hybridized carbons (Fsp3) is 0.529. The Kier molecular flexibility index (Phi) is 5.01. The van der Waals surface area contributed by atoms with Crippen molar-refractivity contribution in [2.24, 2.45) is 5.92 Å². The summed E-state index contributed by atoms with van der Waals surface area (Å²) < 4.78 is 12.3. The molecule has 0 aromatic heterocycles. The third-order valence-corrected chi connectivity index (χ3v) is 6.34. The van der Waals surface area contributed by atoms with Crippen LogP contribution in [0.2, 0.25) is 0 Å². The molecule has 2 aliphatic heterocycles. The molecule has 2 fully saturated rings. The van der Waals surface area contributed by atoms with E-state index in [4.69, 9.17) is 0 Å². The Balaban J connectivity index is 1.57. The van der Waals surface area contributed by atoms with E-state index in [0.717, 1.165) is 37.4 Å². The molecule has 0 bridgehead atoms. The summed E-state index contributed by atoms with van der Waals surface area (Å²) >= 11 is 0. The second-order valence-corrected chi connectivity index (χ2v) is 8.18. The Morgan fingerprint density at radius 1 is 1.29 bits per heavy atom. The molecule has 2 aliphatic rings. The van der Waals surface area contributed by atoms with Crippen molar-refractivity contribution >= 4 is 22.7 Å². The van der Waals surface area contributed by atoms with Crippen LogP contribution < -0.4 is 10.6 Å². The molecule has 24 heavy (non-hydrogen) atoms. The van der Waals surface area contributed by atoms with Crippen LogP contribution in [-0.2, 0) is 15.6 Å². The topological polar surface area (TPSA) is 78.5 Å². The van der Waals surface area contributed by atoms with E-state index in [-0.39, 0.29) is 11.8 Å².